The number of phenols is 1. The number of phenolic OH excluding ortho intramolecular Hbond substituents is 1. The minimum atomic E-state index is -0.812. The van der Waals surface area contributed by atoms with E-state index in [0.717, 1.165) is 0 Å². The number of benzene rings is 1. The van der Waals surface area contributed by atoms with Crippen molar-refractivity contribution in [1.82, 2.24) is 0 Å². The number of aromatic hydroxyl groups is 1. The standard InChI is InChI=1S/C12H12O5/c1-6(13)9-5-17-12(15)11-8(9)3-7(14)4-10(11)16-2/h3-6,13-14H,1-2H3/t6-/m0/s1. The van der Waals surface area contributed by atoms with Crippen molar-refractivity contribution < 1.29 is 19.4 Å². The Bertz CT molecular complexity index is 612. The van der Waals surface area contributed by atoms with Crippen molar-refractivity contribution in [1.29, 1.82) is 0 Å². The van der Waals surface area contributed by atoms with E-state index in [1.54, 1.807) is 6.92 Å². The fourth-order valence-corrected chi connectivity index (χ4v) is 1.76. The number of rotatable bonds is 2. The Balaban J connectivity index is 2.96. The normalized spacial score (nSPS) is 12.6. The van der Waals surface area contributed by atoms with Gasteiger partial charge in [-0.05, 0) is 13.0 Å². The molecule has 0 aliphatic heterocycles. The van der Waals surface area contributed by atoms with Gasteiger partial charge in [0.1, 0.15) is 23.1 Å². The summed E-state index contributed by atoms with van der Waals surface area (Å²) in [5.41, 5.74) is -0.143. The van der Waals surface area contributed by atoms with Crippen molar-refractivity contribution in [3.63, 3.8) is 0 Å². The zero-order chi connectivity index (χ0) is 12.6. The first-order valence-corrected chi connectivity index (χ1v) is 5.05. The smallest absolute Gasteiger partial charge is 0.347 e. The Kier molecular flexibility index (Phi) is 2.77. The second-order valence-electron chi connectivity index (χ2n) is 3.73. The number of fused-ring (bicyclic) bond motifs is 1. The summed E-state index contributed by atoms with van der Waals surface area (Å²) in [6, 6.07) is 2.72. The molecule has 2 N–H and O–H groups in total. The molecule has 0 amide bonds. The highest BCUT2D eigenvalue weighted by Gasteiger charge is 2.15. The molecule has 0 fully saturated rings. The van der Waals surface area contributed by atoms with Gasteiger partial charge in [0.15, 0.2) is 0 Å². The van der Waals surface area contributed by atoms with Gasteiger partial charge in [0.05, 0.1) is 13.2 Å². The zero-order valence-corrected chi connectivity index (χ0v) is 9.43. The van der Waals surface area contributed by atoms with Gasteiger partial charge in [-0.3, -0.25) is 0 Å². The Labute approximate surface area is 96.9 Å². The molecule has 1 heterocycles. The number of aliphatic hydroxyl groups is 1. The van der Waals surface area contributed by atoms with E-state index >= 15 is 0 Å². The summed E-state index contributed by atoms with van der Waals surface area (Å²) in [5.74, 6) is 0.179. The van der Waals surface area contributed by atoms with E-state index < -0.39 is 11.7 Å². The molecular weight excluding hydrogens is 224 g/mol. The van der Waals surface area contributed by atoms with Crippen molar-refractivity contribution in [2.75, 3.05) is 7.11 Å². The van der Waals surface area contributed by atoms with Gasteiger partial charge in [-0.1, -0.05) is 0 Å². The summed E-state index contributed by atoms with van der Waals surface area (Å²) in [7, 11) is 1.39. The van der Waals surface area contributed by atoms with Crippen LogP contribution in [0.5, 0.6) is 11.5 Å². The largest absolute Gasteiger partial charge is 0.508 e. The van der Waals surface area contributed by atoms with Gasteiger partial charge in [-0.2, -0.15) is 0 Å². The maximum absolute atomic E-state index is 11.6. The highest BCUT2D eigenvalue weighted by Crippen LogP contribution is 2.32. The first-order chi connectivity index (χ1) is 8.04. The molecule has 0 aliphatic rings. The SMILES string of the molecule is COc1cc(O)cc2c([C@H](C)O)coc(=O)c12. The number of hydrogen-bond acceptors (Lipinski definition) is 5. The van der Waals surface area contributed by atoms with Crippen molar-refractivity contribution in [2.24, 2.45) is 0 Å². The predicted molar refractivity (Wildman–Crippen MR) is 61.3 cm³/mol. The molecule has 0 saturated carbocycles. The summed E-state index contributed by atoms with van der Waals surface area (Å²) in [6.45, 7) is 1.55. The summed E-state index contributed by atoms with van der Waals surface area (Å²) < 4.78 is 9.86. The van der Waals surface area contributed by atoms with Crippen LogP contribution in [0.2, 0.25) is 0 Å². The molecule has 5 nitrogen and oxygen atoms in total. The van der Waals surface area contributed by atoms with Crippen LogP contribution in [0.25, 0.3) is 10.8 Å². The first-order valence-electron chi connectivity index (χ1n) is 5.05. The van der Waals surface area contributed by atoms with Gasteiger partial charge in [0, 0.05) is 17.0 Å². The lowest BCUT2D eigenvalue weighted by atomic mass is 10.0. The second-order valence-corrected chi connectivity index (χ2v) is 3.73. The van der Waals surface area contributed by atoms with E-state index in [1.807, 2.05) is 0 Å². The zero-order valence-electron chi connectivity index (χ0n) is 9.43. The minimum Gasteiger partial charge on any atom is -0.508 e. The van der Waals surface area contributed by atoms with E-state index in [2.05, 4.69) is 0 Å². The molecule has 0 saturated heterocycles. The fraction of sp³-hybridized carbons (Fsp3) is 0.250. The second kappa shape index (κ2) is 4.10. The summed E-state index contributed by atoms with van der Waals surface area (Å²) in [5, 5.41) is 19.8. The van der Waals surface area contributed by atoms with E-state index in [0.29, 0.717) is 10.9 Å². The predicted octanol–water partition coefficient (Wildman–Crippen LogP) is 1.56. The summed E-state index contributed by atoms with van der Waals surface area (Å²) in [4.78, 5) is 11.6. The summed E-state index contributed by atoms with van der Waals surface area (Å²) >= 11 is 0. The van der Waals surface area contributed by atoms with E-state index in [4.69, 9.17) is 9.15 Å². The molecule has 5 heteroatoms. The maximum atomic E-state index is 11.6. The van der Waals surface area contributed by atoms with Gasteiger partial charge in [-0.25, -0.2) is 4.79 Å². The molecule has 0 bridgehead atoms. The topological polar surface area (TPSA) is 79.9 Å². The van der Waals surface area contributed by atoms with Crippen LogP contribution in [-0.2, 0) is 0 Å². The van der Waals surface area contributed by atoms with Crippen molar-refractivity contribution in [3.05, 3.63) is 34.4 Å². The Morgan fingerprint density at radius 3 is 2.71 bits per heavy atom. The monoisotopic (exact) mass is 236 g/mol. The first kappa shape index (κ1) is 11.5. The van der Waals surface area contributed by atoms with Crippen LogP contribution in [0.4, 0.5) is 0 Å². The molecule has 2 aromatic rings. The molecule has 1 atom stereocenters. The lowest BCUT2D eigenvalue weighted by Gasteiger charge is -2.10. The molecule has 1 aromatic heterocycles. The van der Waals surface area contributed by atoms with Crippen LogP contribution in [0.1, 0.15) is 18.6 Å². The van der Waals surface area contributed by atoms with Gasteiger partial charge < -0.3 is 19.4 Å². The number of aliphatic hydroxyl groups excluding tert-OH is 1. The Hall–Kier alpha value is -2.01. The molecule has 0 aliphatic carbocycles. The third-order valence-electron chi connectivity index (χ3n) is 2.56. The van der Waals surface area contributed by atoms with Crippen molar-refractivity contribution in [2.45, 2.75) is 13.0 Å². The molecule has 0 radical (unpaired) electrons. The summed E-state index contributed by atoms with van der Waals surface area (Å²) in [6.07, 6.45) is 0.377. The molecule has 90 valence electrons. The maximum Gasteiger partial charge on any atom is 0.347 e. The molecule has 17 heavy (non-hydrogen) atoms. The number of hydrogen-bond donors (Lipinski definition) is 2. The van der Waals surface area contributed by atoms with E-state index in [-0.39, 0.29) is 16.9 Å². The van der Waals surface area contributed by atoms with Crippen LogP contribution < -0.4 is 10.4 Å². The van der Waals surface area contributed by atoms with Gasteiger partial charge in [-0.15, -0.1) is 0 Å². The van der Waals surface area contributed by atoms with Gasteiger partial charge >= 0.3 is 5.63 Å². The third kappa shape index (κ3) is 1.85. The Morgan fingerprint density at radius 2 is 2.12 bits per heavy atom. The van der Waals surface area contributed by atoms with Crippen LogP contribution >= 0.6 is 0 Å². The van der Waals surface area contributed by atoms with Crippen LogP contribution in [-0.4, -0.2) is 17.3 Å². The quantitative estimate of drug-likeness (QED) is 0.827. The molecular formula is C12H12O5. The van der Waals surface area contributed by atoms with Crippen LogP contribution in [0.15, 0.2) is 27.6 Å². The molecule has 0 unspecified atom stereocenters. The number of methoxy groups -OCH3 is 1. The van der Waals surface area contributed by atoms with E-state index in [1.165, 1.54) is 25.5 Å². The molecule has 2 rings (SSSR count). The average Bonchev–Trinajstić information content (AvgIpc) is 2.27. The average molecular weight is 236 g/mol. The molecule has 0 spiro atoms. The van der Waals surface area contributed by atoms with Crippen molar-refractivity contribution >= 4 is 10.8 Å². The minimum absolute atomic E-state index is 0.0400. The third-order valence-corrected chi connectivity index (χ3v) is 2.56. The van der Waals surface area contributed by atoms with Gasteiger partial charge in [0.25, 0.3) is 0 Å². The van der Waals surface area contributed by atoms with E-state index in [9.17, 15) is 15.0 Å². The van der Waals surface area contributed by atoms with Crippen LogP contribution in [0, 0.1) is 0 Å². The van der Waals surface area contributed by atoms with Crippen LogP contribution in [0.3, 0.4) is 0 Å². The lowest BCUT2D eigenvalue weighted by Crippen LogP contribution is -2.05. The molecule has 1 aromatic carbocycles. The highest BCUT2D eigenvalue weighted by atomic mass is 16.5. The lowest BCUT2D eigenvalue weighted by molar-refractivity contribution is 0.197. The Morgan fingerprint density at radius 1 is 1.41 bits per heavy atom. The van der Waals surface area contributed by atoms with Gasteiger partial charge in [0.2, 0.25) is 0 Å². The highest BCUT2D eigenvalue weighted by molar-refractivity contribution is 5.91. The van der Waals surface area contributed by atoms with Crippen molar-refractivity contribution in [3.8, 4) is 11.5 Å². The fourth-order valence-electron chi connectivity index (χ4n) is 1.76. The number of ether oxygens (including phenoxy) is 1.